The number of amides is 2. The van der Waals surface area contributed by atoms with Gasteiger partial charge in [0.1, 0.15) is 5.82 Å². The van der Waals surface area contributed by atoms with E-state index in [0.29, 0.717) is 16.5 Å². The normalized spacial score (nSPS) is 13.6. The molecule has 0 spiro atoms. The van der Waals surface area contributed by atoms with Crippen molar-refractivity contribution in [3.63, 3.8) is 0 Å². The van der Waals surface area contributed by atoms with Crippen molar-refractivity contribution in [3.8, 4) is 11.4 Å². The van der Waals surface area contributed by atoms with Crippen molar-refractivity contribution in [2.24, 2.45) is 5.73 Å². The molecule has 2 heterocycles. The second-order valence-corrected chi connectivity index (χ2v) is 6.53. The zero-order valence-corrected chi connectivity index (χ0v) is 15.1. The zero-order chi connectivity index (χ0) is 18.5. The van der Waals surface area contributed by atoms with E-state index in [-0.39, 0.29) is 24.9 Å². The topological polar surface area (TPSA) is 115 Å². The van der Waals surface area contributed by atoms with Gasteiger partial charge in [-0.3, -0.25) is 9.59 Å². The van der Waals surface area contributed by atoms with E-state index in [1.54, 1.807) is 18.2 Å². The molecule has 0 saturated carbocycles. The smallest absolute Gasteiger partial charge is 0.243 e. The summed E-state index contributed by atoms with van der Waals surface area (Å²) in [5, 5.41) is 14.3. The van der Waals surface area contributed by atoms with Crippen molar-refractivity contribution in [1.29, 1.82) is 0 Å². The number of nitrogens with one attached hydrogen (secondary N) is 2. The molecule has 26 heavy (non-hydrogen) atoms. The maximum atomic E-state index is 12.0. The van der Waals surface area contributed by atoms with Crippen molar-refractivity contribution in [2.45, 2.75) is 32.2 Å². The van der Waals surface area contributed by atoms with Gasteiger partial charge in [0.25, 0.3) is 0 Å². The third-order valence-electron chi connectivity index (χ3n) is 4.23. The average molecular weight is 377 g/mol. The van der Waals surface area contributed by atoms with E-state index in [1.807, 2.05) is 0 Å². The fourth-order valence-electron chi connectivity index (χ4n) is 2.91. The predicted molar refractivity (Wildman–Crippen MR) is 98.7 cm³/mol. The second-order valence-electron chi connectivity index (χ2n) is 6.13. The number of nitrogens with two attached hydrogens (primary N) is 1. The van der Waals surface area contributed by atoms with E-state index in [9.17, 15) is 9.59 Å². The van der Waals surface area contributed by atoms with Gasteiger partial charge >= 0.3 is 0 Å². The minimum atomic E-state index is -0.386. The summed E-state index contributed by atoms with van der Waals surface area (Å²) in [6.07, 6.45) is 4.26. The van der Waals surface area contributed by atoms with E-state index in [4.69, 9.17) is 17.3 Å². The largest absolute Gasteiger partial charge is 0.346 e. The summed E-state index contributed by atoms with van der Waals surface area (Å²) in [4.78, 5) is 23.1. The Kier molecular flexibility index (Phi) is 5.85. The molecule has 1 aromatic heterocycles. The molecule has 0 radical (unpaired) electrons. The monoisotopic (exact) mass is 376 g/mol. The Morgan fingerprint density at radius 3 is 2.85 bits per heavy atom. The van der Waals surface area contributed by atoms with Gasteiger partial charge in [0.15, 0.2) is 5.82 Å². The van der Waals surface area contributed by atoms with Crippen molar-refractivity contribution in [1.82, 2.24) is 20.1 Å². The molecular formula is C17H21ClN6O2. The van der Waals surface area contributed by atoms with Crippen molar-refractivity contribution in [3.05, 3.63) is 29.0 Å². The van der Waals surface area contributed by atoms with Gasteiger partial charge in [-0.05, 0) is 31.0 Å². The maximum Gasteiger partial charge on any atom is 0.243 e. The molecule has 4 N–H and O–H groups in total. The highest BCUT2D eigenvalue weighted by molar-refractivity contribution is 6.33. The van der Waals surface area contributed by atoms with Crippen LogP contribution in [0.25, 0.3) is 11.4 Å². The molecular weight excluding hydrogens is 356 g/mol. The summed E-state index contributed by atoms with van der Waals surface area (Å²) in [7, 11) is 0. The van der Waals surface area contributed by atoms with E-state index in [1.165, 1.54) is 6.42 Å². The Labute approximate surface area is 156 Å². The first-order chi connectivity index (χ1) is 12.6. The molecule has 0 aliphatic carbocycles. The minimum absolute atomic E-state index is 0.145. The van der Waals surface area contributed by atoms with Crippen LogP contribution in [0.4, 0.5) is 5.69 Å². The summed E-state index contributed by atoms with van der Waals surface area (Å²) in [5.74, 6) is 0.940. The molecule has 9 heteroatoms. The number of fused-ring (bicyclic) bond motifs is 1. The number of anilines is 1. The number of carbonyl (C=O) groups excluding carboxylic acids is 2. The lowest BCUT2D eigenvalue weighted by molar-refractivity contribution is -0.123. The lowest BCUT2D eigenvalue weighted by Gasteiger charge is -2.11. The van der Waals surface area contributed by atoms with Crippen LogP contribution in [-0.4, -0.2) is 39.7 Å². The third kappa shape index (κ3) is 4.20. The summed E-state index contributed by atoms with van der Waals surface area (Å²) in [5.41, 5.74) is 6.49. The van der Waals surface area contributed by atoms with E-state index in [0.717, 1.165) is 37.2 Å². The highest BCUT2D eigenvalue weighted by atomic mass is 35.5. The number of hydrogen-bond donors (Lipinski definition) is 3. The van der Waals surface area contributed by atoms with Crippen LogP contribution in [0, 0.1) is 0 Å². The number of carbonyl (C=O) groups is 2. The van der Waals surface area contributed by atoms with Crippen molar-refractivity contribution >= 4 is 29.1 Å². The summed E-state index contributed by atoms with van der Waals surface area (Å²) < 4.78 is 2.10. The number of halogens is 1. The Bertz CT molecular complexity index is 820. The van der Waals surface area contributed by atoms with Gasteiger partial charge in [0.2, 0.25) is 11.8 Å². The van der Waals surface area contributed by atoms with E-state index < -0.39 is 0 Å². The first-order valence-electron chi connectivity index (χ1n) is 8.57. The van der Waals surface area contributed by atoms with Crippen LogP contribution in [0.15, 0.2) is 18.2 Å². The third-order valence-corrected chi connectivity index (χ3v) is 4.56. The van der Waals surface area contributed by atoms with E-state index in [2.05, 4.69) is 25.4 Å². The molecule has 1 aliphatic rings. The minimum Gasteiger partial charge on any atom is -0.346 e. The average Bonchev–Trinajstić information content (AvgIpc) is 2.89. The Balaban J connectivity index is 1.79. The van der Waals surface area contributed by atoms with Crippen LogP contribution in [0.3, 0.4) is 0 Å². The van der Waals surface area contributed by atoms with Gasteiger partial charge in [0.05, 0.1) is 18.1 Å². The highest BCUT2D eigenvalue weighted by Crippen LogP contribution is 2.31. The van der Waals surface area contributed by atoms with Gasteiger partial charge in [-0.2, -0.15) is 0 Å². The Morgan fingerprint density at radius 2 is 2.04 bits per heavy atom. The maximum absolute atomic E-state index is 12.0. The zero-order valence-electron chi connectivity index (χ0n) is 14.3. The van der Waals surface area contributed by atoms with Crippen LogP contribution >= 0.6 is 11.6 Å². The summed E-state index contributed by atoms with van der Waals surface area (Å²) in [6.45, 7) is 0.556. The fraction of sp³-hybridized carbons (Fsp3) is 0.412. The number of aromatic nitrogens is 3. The van der Waals surface area contributed by atoms with Gasteiger partial charge in [-0.15, -0.1) is 10.2 Å². The molecule has 1 aromatic carbocycles. The number of aryl methyl sites for hydroxylation is 1. The van der Waals surface area contributed by atoms with Gasteiger partial charge < -0.3 is 20.9 Å². The molecule has 3 rings (SSSR count). The second kappa shape index (κ2) is 8.29. The molecule has 1 aliphatic heterocycles. The molecule has 0 bridgehead atoms. The molecule has 2 amide bonds. The summed E-state index contributed by atoms with van der Waals surface area (Å²) >= 11 is 6.36. The SMILES string of the molecule is NCC(=O)NCC(=O)Nc1ccc(Cl)c(-c2nnc3n2CCCCC3)c1. The van der Waals surface area contributed by atoms with Gasteiger partial charge in [-0.25, -0.2) is 0 Å². The van der Waals surface area contributed by atoms with Crippen molar-refractivity contribution in [2.75, 3.05) is 18.4 Å². The molecule has 138 valence electrons. The molecule has 0 saturated heterocycles. The molecule has 2 aromatic rings. The number of benzene rings is 1. The van der Waals surface area contributed by atoms with Crippen LogP contribution in [0.5, 0.6) is 0 Å². The van der Waals surface area contributed by atoms with Crippen LogP contribution in [-0.2, 0) is 22.6 Å². The number of rotatable bonds is 5. The Morgan fingerprint density at radius 1 is 1.19 bits per heavy atom. The van der Waals surface area contributed by atoms with Crippen LogP contribution in [0.2, 0.25) is 5.02 Å². The first-order valence-corrected chi connectivity index (χ1v) is 8.95. The van der Waals surface area contributed by atoms with Crippen LogP contribution in [0.1, 0.15) is 25.1 Å². The molecule has 0 fully saturated rings. The molecule has 8 nitrogen and oxygen atoms in total. The predicted octanol–water partition coefficient (Wildman–Crippen LogP) is 1.34. The van der Waals surface area contributed by atoms with Crippen LogP contribution < -0.4 is 16.4 Å². The highest BCUT2D eigenvalue weighted by Gasteiger charge is 2.18. The van der Waals surface area contributed by atoms with Crippen molar-refractivity contribution < 1.29 is 9.59 Å². The lowest BCUT2D eigenvalue weighted by Crippen LogP contribution is -2.36. The standard InChI is InChI=1S/C17H21ClN6O2/c18-13-6-5-11(21-16(26)10-20-15(25)9-19)8-12(13)17-23-22-14-4-2-1-3-7-24(14)17/h5-6,8H,1-4,7,9-10,19H2,(H,20,25)(H,21,26). The van der Waals surface area contributed by atoms with Gasteiger partial charge in [-0.1, -0.05) is 18.0 Å². The summed E-state index contributed by atoms with van der Waals surface area (Å²) in [6, 6.07) is 5.19. The Hall–Kier alpha value is -2.45. The first kappa shape index (κ1) is 18.3. The fourth-order valence-corrected chi connectivity index (χ4v) is 3.12. The molecule has 0 unspecified atom stereocenters. The number of hydrogen-bond acceptors (Lipinski definition) is 5. The van der Waals surface area contributed by atoms with Gasteiger partial charge in [0, 0.05) is 24.2 Å². The van der Waals surface area contributed by atoms with E-state index >= 15 is 0 Å². The quantitative estimate of drug-likeness (QED) is 0.728. The molecule has 0 atom stereocenters. The lowest BCUT2D eigenvalue weighted by atomic mass is 10.1. The number of nitrogens with zero attached hydrogens (tertiary/aromatic N) is 3.